The van der Waals surface area contributed by atoms with Gasteiger partial charge in [0.25, 0.3) is 5.56 Å². The van der Waals surface area contributed by atoms with Crippen LogP contribution in [-0.2, 0) is 14.3 Å². The Hall–Kier alpha value is -2.91. The van der Waals surface area contributed by atoms with E-state index in [4.69, 9.17) is 9.84 Å². The lowest BCUT2D eigenvalue weighted by Gasteiger charge is -2.25. The highest BCUT2D eigenvalue weighted by Crippen LogP contribution is 2.14. The fraction of sp³-hybridized carbons (Fsp3) is 0.562. The van der Waals surface area contributed by atoms with Crippen LogP contribution >= 0.6 is 0 Å². The summed E-state index contributed by atoms with van der Waals surface area (Å²) in [6.07, 6.45) is -0.657. The predicted molar refractivity (Wildman–Crippen MR) is 91.7 cm³/mol. The summed E-state index contributed by atoms with van der Waals surface area (Å²) >= 11 is 0. The van der Waals surface area contributed by atoms with E-state index in [0.717, 1.165) is 4.90 Å². The first-order valence-electron chi connectivity index (χ1n) is 8.02. The minimum absolute atomic E-state index is 0.0158. The fourth-order valence-corrected chi connectivity index (χ4v) is 2.03. The molecular formula is C16H24N4O6. The molecular weight excluding hydrogens is 344 g/mol. The molecule has 0 fully saturated rings. The maximum absolute atomic E-state index is 12.6. The van der Waals surface area contributed by atoms with Crippen molar-refractivity contribution in [3.05, 3.63) is 28.2 Å². The van der Waals surface area contributed by atoms with Gasteiger partial charge in [0.05, 0.1) is 11.6 Å². The molecule has 1 heterocycles. The van der Waals surface area contributed by atoms with E-state index in [-0.39, 0.29) is 13.1 Å². The average Bonchev–Trinajstić information content (AvgIpc) is 2.51. The molecule has 2 amide bonds. The summed E-state index contributed by atoms with van der Waals surface area (Å²) in [6, 6.07) is 2.64. The van der Waals surface area contributed by atoms with Crippen molar-refractivity contribution in [1.82, 2.24) is 20.4 Å². The molecule has 0 aliphatic rings. The van der Waals surface area contributed by atoms with Crippen LogP contribution < -0.4 is 10.9 Å². The van der Waals surface area contributed by atoms with Gasteiger partial charge in [0.2, 0.25) is 5.91 Å². The Morgan fingerprint density at radius 1 is 1.35 bits per heavy atom. The van der Waals surface area contributed by atoms with Crippen molar-refractivity contribution in [2.45, 2.75) is 39.2 Å². The van der Waals surface area contributed by atoms with E-state index in [2.05, 4.69) is 15.5 Å². The molecule has 0 aliphatic carbocycles. The number of rotatable bonds is 7. The molecule has 0 aromatic carbocycles. The molecule has 1 unspecified atom stereocenters. The number of carboxylic acid groups (broad SMARTS) is 1. The molecule has 1 atom stereocenters. The van der Waals surface area contributed by atoms with E-state index in [0.29, 0.717) is 5.69 Å². The molecule has 0 bridgehead atoms. The number of carboxylic acids is 1. The molecule has 0 saturated heterocycles. The number of nitrogens with one attached hydrogen (secondary N) is 2. The summed E-state index contributed by atoms with van der Waals surface area (Å²) in [5.41, 5.74) is -0.757. The number of aromatic amines is 1. The number of ether oxygens (including phenoxy) is 1. The summed E-state index contributed by atoms with van der Waals surface area (Å²) < 4.78 is 5.08. The number of amides is 2. The molecule has 0 spiro atoms. The Labute approximate surface area is 150 Å². The van der Waals surface area contributed by atoms with Crippen LogP contribution in [0, 0.1) is 0 Å². The van der Waals surface area contributed by atoms with E-state index in [1.807, 2.05) is 0 Å². The number of carbonyl (C=O) groups excluding carboxylic acids is 2. The number of alkyl carbamates (subject to hydrolysis) is 1. The maximum atomic E-state index is 12.6. The zero-order valence-corrected chi connectivity index (χ0v) is 15.2. The Morgan fingerprint density at radius 3 is 2.50 bits per heavy atom. The number of nitrogens with zero attached hydrogens (tertiary/aromatic N) is 2. The summed E-state index contributed by atoms with van der Waals surface area (Å²) in [4.78, 5) is 47.4. The first-order valence-corrected chi connectivity index (χ1v) is 8.02. The van der Waals surface area contributed by atoms with Crippen molar-refractivity contribution in [3.63, 3.8) is 0 Å². The standard InChI is InChI=1S/C16H24N4O6/c1-10(11-5-6-12(21)19-18-11)14(24)20(9-13(22)23)8-7-17-15(25)26-16(2,3)4/h5-6,10H,7-9H2,1-4H3,(H,17,25)(H,19,21)(H,22,23). The SMILES string of the molecule is CC(C(=O)N(CCNC(=O)OC(C)(C)C)CC(=O)O)c1ccc(=O)[nH]n1. The second-order valence-corrected chi connectivity index (χ2v) is 6.65. The fourth-order valence-electron chi connectivity index (χ4n) is 2.03. The number of H-pyrrole nitrogens is 1. The maximum Gasteiger partial charge on any atom is 0.407 e. The lowest BCUT2D eigenvalue weighted by molar-refractivity contribution is -0.144. The highest BCUT2D eigenvalue weighted by molar-refractivity contribution is 5.86. The molecule has 1 aromatic heterocycles. The molecule has 10 heteroatoms. The van der Waals surface area contributed by atoms with E-state index < -0.39 is 41.6 Å². The molecule has 0 radical (unpaired) electrons. The van der Waals surface area contributed by atoms with Gasteiger partial charge in [-0.05, 0) is 33.8 Å². The van der Waals surface area contributed by atoms with Crippen LogP contribution in [0.4, 0.5) is 4.79 Å². The zero-order chi connectivity index (χ0) is 19.9. The van der Waals surface area contributed by atoms with Gasteiger partial charge in [-0.2, -0.15) is 5.10 Å². The van der Waals surface area contributed by atoms with Crippen LogP contribution in [0.25, 0.3) is 0 Å². The summed E-state index contributed by atoms with van der Waals surface area (Å²) in [5.74, 6) is -2.43. The topological polar surface area (TPSA) is 142 Å². The smallest absolute Gasteiger partial charge is 0.407 e. The van der Waals surface area contributed by atoms with Crippen molar-refractivity contribution in [2.24, 2.45) is 0 Å². The third kappa shape index (κ3) is 7.32. The van der Waals surface area contributed by atoms with Gasteiger partial charge in [0.1, 0.15) is 12.1 Å². The minimum atomic E-state index is -1.18. The van der Waals surface area contributed by atoms with Gasteiger partial charge in [0, 0.05) is 19.2 Å². The minimum Gasteiger partial charge on any atom is -0.480 e. The molecule has 3 N–H and O–H groups in total. The van der Waals surface area contributed by atoms with Crippen LogP contribution in [0.2, 0.25) is 0 Å². The van der Waals surface area contributed by atoms with Crippen molar-refractivity contribution in [1.29, 1.82) is 0 Å². The van der Waals surface area contributed by atoms with Gasteiger partial charge in [0.15, 0.2) is 0 Å². The molecule has 1 rings (SSSR count). The third-order valence-electron chi connectivity index (χ3n) is 3.20. The quantitative estimate of drug-likeness (QED) is 0.629. The van der Waals surface area contributed by atoms with E-state index in [1.54, 1.807) is 27.7 Å². The Morgan fingerprint density at radius 2 is 2.00 bits per heavy atom. The van der Waals surface area contributed by atoms with Crippen molar-refractivity contribution in [3.8, 4) is 0 Å². The Kier molecular flexibility index (Phi) is 7.29. The van der Waals surface area contributed by atoms with E-state index >= 15 is 0 Å². The first kappa shape index (κ1) is 21.1. The highest BCUT2D eigenvalue weighted by Gasteiger charge is 2.25. The number of aliphatic carboxylic acids is 1. The molecule has 0 saturated carbocycles. The second-order valence-electron chi connectivity index (χ2n) is 6.65. The van der Waals surface area contributed by atoms with Crippen LogP contribution in [0.3, 0.4) is 0 Å². The van der Waals surface area contributed by atoms with Crippen molar-refractivity contribution < 1.29 is 24.2 Å². The highest BCUT2D eigenvalue weighted by atomic mass is 16.6. The lowest BCUT2D eigenvalue weighted by atomic mass is 10.1. The number of hydrogen-bond donors (Lipinski definition) is 3. The monoisotopic (exact) mass is 368 g/mol. The Balaban J connectivity index is 2.71. The first-order chi connectivity index (χ1) is 12.0. The van der Waals surface area contributed by atoms with Gasteiger partial charge in [-0.3, -0.25) is 14.4 Å². The van der Waals surface area contributed by atoms with Gasteiger partial charge in [-0.15, -0.1) is 0 Å². The third-order valence-corrected chi connectivity index (χ3v) is 3.20. The molecule has 1 aromatic rings. The van der Waals surface area contributed by atoms with Crippen LogP contribution in [0.15, 0.2) is 16.9 Å². The van der Waals surface area contributed by atoms with Crippen LogP contribution in [-0.4, -0.2) is 63.4 Å². The Bertz CT molecular complexity index is 689. The van der Waals surface area contributed by atoms with Crippen LogP contribution in [0.5, 0.6) is 0 Å². The van der Waals surface area contributed by atoms with Gasteiger partial charge in [-0.1, -0.05) is 0 Å². The molecule has 0 aliphatic heterocycles. The molecule has 10 nitrogen and oxygen atoms in total. The lowest BCUT2D eigenvalue weighted by Crippen LogP contribution is -2.44. The van der Waals surface area contributed by atoms with Gasteiger partial charge in [-0.25, -0.2) is 9.89 Å². The van der Waals surface area contributed by atoms with Gasteiger partial charge < -0.3 is 20.1 Å². The van der Waals surface area contributed by atoms with E-state index in [1.165, 1.54) is 12.1 Å². The van der Waals surface area contributed by atoms with Gasteiger partial charge >= 0.3 is 12.1 Å². The normalized spacial score (nSPS) is 12.2. The number of aromatic nitrogens is 2. The molecule has 26 heavy (non-hydrogen) atoms. The van der Waals surface area contributed by atoms with Crippen molar-refractivity contribution in [2.75, 3.05) is 19.6 Å². The summed E-state index contributed by atoms with van der Waals surface area (Å²) in [5, 5.41) is 17.5. The number of hydrogen-bond acceptors (Lipinski definition) is 6. The predicted octanol–water partition coefficient (Wildman–Crippen LogP) is 0.311. The average molecular weight is 368 g/mol. The zero-order valence-electron chi connectivity index (χ0n) is 15.2. The number of carbonyl (C=O) groups is 3. The van der Waals surface area contributed by atoms with Crippen molar-refractivity contribution >= 4 is 18.0 Å². The largest absolute Gasteiger partial charge is 0.480 e. The summed E-state index contributed by atoms with van der Waals surface area (Å²) in [7, 11) is 0. The second kappa shape index (κ2) is 8.97. The van der Waals surface area contributed by atoms with Crippen LogP contribution in [0.1, 0.15) is 39.3 Å². The summed E-state index contributed by atoms with van der Waals surface area (Å²) in [6.45, 7) is 6.18. The molecule has 144 valence electrons. The van der Waals surface area contributed by atoms with E-state index in [9.17, 15) is 19.2 Å².